The Morgan fingerprint density at radius 3 is 2.61 bits per heavy atom. The highest BCUT2D eigenvalue weighted by atomic mass is 35.5. The molecule has 1 aliphatic heterocycles. The summed E-state index contributed by atoms with van der Waals surface area (Å²) in [5, 5.41) is 7.34. The molecular formula is C22H29ClN4O3S. The van der Waals surface area contributed by atoms with E-state index in [0.29, 0.717) is 18.7 Å². The number of aromatic nitrogens is 2. The van der Waals surface area contributed by atoms with Crippen LogP contribution in [0.25, 0.3) is 0 Å². The number of nitrogens with zero attached hydrogens (tertiary/aromatic N) is 3. The smallest absolute Gasteiger partial charge is 0.248 e. The van der Waals surface area contributed by atoms with E-state index in [1.54, 1.807) is 14.0 Å². The monoisotopic (exact) mass is 464 g/mol. The van der Waals surface area contributed by atoms with Gasteiger partial charge in [0.05, 0.1) is 11.7 Å². The molecule has 1 aromatic heterocycles. The molecule has 9 heteroatoms. The van der Waals surface area contributed by atoms with Gasteiger partial charge in [0.1, 0.15) is 10.0 Å². The standard InChI is InChI=1S/C22H29ClN4O3S/c1-15-20(21(23)26(2)25-15)31(29,30)27-13-12-16-8-6-7-11-18(16)19(27)14-24-22(28)17-9-4-3-5-10-17/h6-8,11,17,19H,3-5,9-10,12-14H2,1-2H3,(H,24,28). The zero-order chi connectivity index (χ0) is 22.2. The van der Waals surface area contributed by atoms with E-state index >= 15 is 0 Å². The van der Waals surface area contributed by atoms with Crippen LogP contribution in [0.5, 0.6) is 0 Å². The number of hydrogen-bond acceptors (Lipinski definition) is 4. The Morgan fingerprint density at radius 2 is 1.94 bits per heavy atom. The fourth-order valence-corrected chi connectivity index (χ4v) is 7.17. The highest BCUT2D eigenvalue weighted by Gasteiger charge is 2.39. The van der Waals surface area contributed by atoms with E-state index in [1.165, 1.54) is 15.4 Å². The normalized spacial score (nSPS) is 20.4. The number of carbonyl (C=O) groups is 1. The van der Waals surface area contributed by atoms with Gasteiger partial charge in [0.15, 0.2) is 0 Å². The molecule has 7 nitrogen and oxygen atoms in total. The Bertz CT molecular complexity index is 1080. The van der Waals surface area contributed by atoms with Crippen molar-refractivity contribution in [2.45, 2.75) is 56.4 Å². The van der Waals surface area contributed by atoms with Crippen LogP contribution in [0.2, 0.25) is 5.15 Å². The largest absolute Gasteiger partial charge is 0.354 e. The second kappa shape index (κ2) is 8.92. The second-order valence-electron chi connectivity index (χ2n) is 8.49. The van der Waals surface area contributed by atoms with Crippen LogP contribution in [0.3, 0.4) is 0 Å². The molecule has 1 unspecified atom stereocenters. The molecule has 0 saturated heterocycles. The third kappa shape index (κ3) is 4.25. The topological polar surface area (TPSA) is 84.3 Å². The molecule has 4 rings (SSSR count). The molecule has 0 bridgehead atoms. The number of amides is 1. The van der Waals surface area contributed by atoms with Crippen LogP contribution < -0.4 is 5.32 Å². The SMILES string of the molecule is Cc1nn(C)c(Cl)c1S(=O)(=O)N1CCc2ccccc2C1CNC(=O)C1CCCCC1. The first-order valence-electron chi connectivity index (χ1n) is 10.9. The molecule has 1 aromatic carbocycles. The van der Waals surface area contributed by atoms with Gasteiger partial charge in [-0.3, -0.25) is 9.48 Å². The van der Waals surface area contributed by atoms with E-state index in [-0.39, 0.29) is 28.4 Å². The Balaban J connectivity index is 1.65. The van der Waals surface area contributed by atoms with Crippen LogP contribution in [0.15, 0.2) is 29.2 Å². The first-order chi connectivity index (χ1) is 14.8. The second-order valence-corrected chi connectivity index (χ2v) is 10.7. The molecule has 2 heterocycles. The van der Waals surface area contributed by atoms with Gasteiger partial charge in [-0.1, -0.05) is 55.1 Å². The highest BCUT2D eigenvalue weighted by molar-refractivity contribution is 7.89. The minimum absolute atomic E-state index is 0.0210. The molecule has 31 heavy (non-hydrogen) atoms. The molecule has 1 saturated carbocycles. The number of benzene rings is 1. The Labute approximate surface area is 188 Å². The zero-order valence-corrected chi connectivity index (χ0v) is 19.5. The van der Waals surface area contributed by atoms with Crippen LogP contribution in [-0.4, -0.2) is 41.5 Å². The molecule has 1 fully saturated rings. The predicted molar refractivity (Wildman–Crippen MR) is 119 cm³/mol. The van der Waals surface area contributed by atoms with Crippen molar-refractivity contribution in [1.29, 1.82) is 0 Å². The highest BCUT2D eigenvalue weighted by Crippen LogP contribution is 2.37. The van der Waals surface area contributed by atoms with Crippen LogP contribution >= 0.6 is 11.6 Å². The van der Waals surface area contributed by atoms with Gasteiger partial charge in [-0.2, -0.15) is 9.40 Å². The lowest BCUT2D eigenvalue weighted by atomic mass is 9.88. The molecule has 0 radical (unpaired) electrons. The van der Waals surface area contributed by atoms with Gasteiger partial charge < -0.3 is 5.32 Å². The average molecular weight is 465 g/mol. The van der Waals surface area contributed by atoms with Crippen molar-refractivity contribution in [3.63, 3.8) is 0 Å². The van der Waals surface area contributed by atoms with Crippen molar-refractivity contribution in [3.8, 4) is 0 Å². The summed E-state index contributed by atoms with van der Waals surface area (Å²) in [7, 11) is -2.27. The number of carbonyl (C=O) groups excluding carboxylic acids is 1. The van der Waals surface area contributed by atoms with Crippen molar-refractivity contribution in [2.75, 3.05) is 13.1 Å². The molecule has 0 spiro atoms. The van der Waals surface area contributed by atoms with Crippen LogP contribution in [0.1, 0.15) is 55.0 Å². The van der Waals surface area contributed by atoms with Gasteiger partial charge in [-0.15, -0.1) is 0 Å². The number of aryl methyl sites for hydroxylation is 2. The molecule has 168 valence electrons. The van der Waals surface area contributed by atoms with Gasteiger partial charge in [0, 0.05) is 26.1 Å². The van der Waals surface area contributed by atoms with Gasteiger partial charge >= 0.3 is 0 Å². The number of rotatable bonds is 5. The van der Waals surface area contributed by atoms with E-state index in [2.05, 4.69) is 10.4 Å². The number of fused-ring (bicyclic) bond motifs is 1. The predicted octanol–water partition coefficient (Wildman–Crippen LogP) is 3.37. The maximum Gasteiger partial charge on any atom is 0.248 e. The molecule has 1 aliphatic carbocycles. The van der Waals surface area contributed by atoms with Crippen molar-refractivity contribution in [2.24, 2.45) is 13.0 Å². The third-order valence-electron chi connectivity index (χ3n) is 6.48. The summed E-state index contributed by atoms with van der Waals surface area (Å²) in [5.41, 5.74) is 2.41. The summed E-state index contributed by atoms with van der Waals surface area (Å²) in [5.74, 6) is 0.0448. The summed E-state index contributed by atoms with van der Waals surface area (Å²) < 4.78 is 30.2. The van der Waals surface area contributed by atoms with Crippen molar-refractivity contribution >= 4 is 27.5 Å². The van der Waals surface area contributed by atoms with Gasteiger partial charge in [-0.05, 0) is 37.3 Å². The minimum atomic E-state index is -3.90. The molecule has 1 atom stereocenters. The first kappa shape index (κ1) is 22.3. The van der Waals surface area contributed by atoms with Crippen molar-refractivity contribution in [3.05, 3.63) is 46.2 Å². The summed E-state index contributed by atoms with van der Waals surface area (Å²) in [6, 6.07) is 7.36. The van der Waals surface area contributed by atoms with Gasteiger partial charge in [0.25, 0.3) is 0 Å². The minimum Gasteiger partial charge on any atom is -0.354 e. The number of halogens is 1. The fraction of sp³-hybridized carbons (Fsp3) is 0.545. The number of hydrogen-bond donors (Lipinski definition) is 1. The summed E-state index contributed by atoms with van der Waals surface area (Å²) >= 11 is 6.32. The molecule has 2 aliphatic rings. The summed E-state index contributed by atoms with van der Waals surface area (Å²) in [6.07, 6.45) is 5.74. The molecule has 1 amide bonds. The summed E-state index contributed by atoms with van der Waals surface area (Å²) in [6.45, 7) is 2.22. The quantitative estimate of drug-likeness (QED) is 0.735. The van der Waals surface area contributed by atoms with Crippen molar-refractivity contribution < 1.29 is 13.2 Å². The molecular weight excluding hydrogens is 436 g/mol. The third-order valence-corrected chi connectivity index (χ3v) is 9.08. The van der Waals surface area contributed by atoms with Crippen LogP contribution in [0.4, 0.5) is 0 Å². The average Bonchev–Trinajstić information content (AvgIpc) is 3.03. The number of nitrogens with one attached hydrogen (secondary N) is 1. The fourth-order valence-electron chi connectivity index (χ4n) is 4.86. The Kier molecular flexibility index (Phi) is 6.42. The lowest BCUT2D eigenvalue weighted by molar-refractivity contribution is -0.126. The van der Waals surface area contributed by atoms with E-state index in [4.69, 9.17) is 11.6 Å². The Morgan fingerprint density at radius 1 is 1.23 bits per heavy atom. The van der Waals surface area contributed by atoms with E-state index in [9.17, 15) is 13.2 Å². The van der Waals surface area contributed by atoms with Gasteiger partial charge in [-0.25, -0.2) is 8.42 Å². The van der Waals surface area contributed by atoms with E-state index < -0.39 is 16.1 Å². The lowest BCUT2D eigenvalue weighted by Crippen LogP contribution is -2.46. The van der Waals surface area contributed by atoms with E-state index in [1.807, 2.05) is 24.3 Å². The molecule has 1 N–H and O–H groups in total. The lowest BCUT2D eigenvalue weighted by Gasteiger charge is -2.36. The molecule has 2 aromatic rings. The zero-order valence-electron chi connectivity index (χ0n) is 18.0. The van der Waals surface area contributed by atoms with Crippen LogP contribution in [0, 0.1) is 12.8 Å². The van der Waals surface area contributed by atoms with Gasteiger partial charge in [0.2, 0.25) is 15.9 Å². The maximum absolute atomic E-state index is 13.7. The number of sulfonamides is 1. The maximum atomic E-state index is 13.7. The van der Waals surface area contributed by atoms with Crippen molar-refractivity contribution in [1.82, 2.24) is 19.4 Å². The Hall–Kier alpha value is -1.90. The summed E-state index contributed by atoms with van der Waals surface area (Å²) in [4.78, 5) is 12.8. The first-order valence-corrected chi connectivity index (χ1v) is 12.7. The van der Waals surface area contributed by atoms with E-state index in [0.717, 1.165) is 36.8 Å². The van der Waals surface area contributed by atoms with Crippen LogP contribution in [-0.2, 0) is 28.3 Å².